The van der Waals surface area contributed by atoms with Crippen molar-refractivity contribution in [2.45, 2.75) is 0 Å². The number of anilines is 2. The number of aromatic nitrogens is 2. The Morgan fingerprint density at radius 3 is 2.68 bits per heavy atom. The molecule has 5 heteroatoms. The van der Waals surface area contributed by atoms with Crippen LogP contribution in [0.2, 0.25) is 0 Å². The SMILES string of the molecule is CN(C)c1nccc(NCCOc2ccccc2)n1. The van der Waals surface area contributed by atoms with Gasteiger partial charge in [0.2, 0.25) is 5.95 Å². The summed E-state index contributed by atoms with van der Waals surface area (Å²) in [5.74, 6) is 2.37. The molecule has 0 saturated carbocycles. The normalized spacial score (nSPS) is 10.0. The minimum Gasteiger partial charge on any atom is -0.492 e. The molecule has 100 valence electrons. The van der Waals surface area contributed by atoms with E-state index in [1.807, 2.05) is 55.4 Å². The van der Waals surface area contributed by atoms with Crippen molar-refractivity contribution in [3.63, 3.8) is 0 Å². The Labute approximate surface area is 113 Å². The first-order chi connectivity index (χ1) is 9.25. The van der Waals surface area contributed by atoms with Crippen LogP contribution in [0.3, 0.4) is 0 Å². The summed E-state index contributed by atoms with van der Waals surface area (Å²) in [6.07, 6.45) is 1.74. The van der Waals surface area contributed by atoms with Crippen molar-refractivity contribution in [2.75, 3.05) is 37.5 Å². The molecule has 1 N–H and O–H groups in total. The average Bonchev–Trinajstić information content (AvgIpc) is 2.45. The van der Waals surface area contributed by atoms with E-state index in [1.54, 1.807) is 6.20 Å². The van der Waals surface area contributed by atoms with Gasteiger partial charge in [0.1, 0.15) is 18.2 Å². The van der Waals surface area contributed by atoms with Gasteiger partial charge in [-0.05, 0) is 18.2 Å². The lowest BCUT2D eigenvalue weighted by molar-refractivity contribution is 0.333. The first kappa shape index (κ1) is 13.1. The Morgan fingerprint density at radius 2 is 1.95 bits per heavy atom. The van der Waals surface area contributed by atoms with Gasteiger partial charge in [-0.15, -0.1) is 0 Å². The predicted molar refractivity (Wildman–Crippen MR) is 76.8 cm³/mol. The molecule has 0 atom stereocenters. The molecular formula is C14H18N4O. The zero-order valence-electron chi connectivity index (χ0n) is 11.2. The van der Waals surface area contributed by atoms with Crippen molar-refractivity contribution in [3.05, 3.63) is 42.6 Å². The van der Waals surface area contributed by atoms with E-state index < -0.39 is 0 Å². The van der Waals surface area contributed by atoms with Gasteiger partial charge in [-0.2, -0.15) is 4.98 Å². The van der Waals surface area contributed by atoms with Crippen molar-refractivity contribution >= 4 is 11.8 Å². The van der Waals surface area contributed by atoms with Crippen LogP contribution in [0.4, 0.5) is 11.8 Å². The lowest BCUT2D eigenvalue weighted by atomic mass is 10.3. The molecule has 2 aromatic rings. The van der Waals surface area contributed by atoms with Gasteiger partial charge in [0.25, 0.3) is 0 Å². The molecule has 0 unspecified atom stereocenters. The van der Waals surface area contributed by atoms with Crippen molar-refractivity contribution in [3.8, 4) is 5.75 Å². The molecule has 0 aliphatic rings. The highest BCUT2D eigenvalue weighted by molar-refractivity contribution is 5.40. The molecule has 1 heterocycles. The van der Waals surface area contributed by atoms with Crippen LogP contribution < -0.4 is 15.0 Å². The van der Waals surface area contributed by atoms with E-state index in [9.17, 15) is 0 Å². The molecule has 0 radical (unpaired) electrons. The van der Waals surface area contributed by atoms with Crippen LogP contribution in [0.15, 0.2) is 42.6 Å². The summed E-state index contributed by atoms with van der Waals surface area (Å²) in [5.41, 5.74) is 0. The Morgan fingerprint density at radius 1 is 1.16 bits per heavy atom. The number of nitrogens with one attached hydrogen (secondary N) is 1. The highest BCUT2D eigenvalue weighted by Crippen LogP contribution is 2.09. The van der Waals surface area contributed by atoms with Crippen LogP contribution in [0.1, 0.15) is 0 Å². The third kappa shape index (κ3) is 4.13. The van der Waals surface area contributed by atoms with E-state index in [0.29, 0.717) is 19.1 Å². The van der Waals surface area contributed by atoms with E-state index in [2.05, 4.69) is 15.3 Å². The van der Waals surface area contributed by atoms with Gasteiger partial charge in [-0.25, -0.2) is 4.98 Å². The molecule has 0 spiro atoms. The maximum Gasteiger partial charge on any atom is 0.226 e. The quantitative estimate of drug-likeness (QED) is 0.803. The molecule has 19 heavy (non-hydrogen) atoms. The highest BCUT2D eigenvalue weighted by Gasteiger charge is 2.00. The summed E-state index contributed by atoms with van der Waals surface area (Å²) in [7, 11) is 3.83. The fraction of sp³-hybridized carbons (Fsp3) is 0.286. The molecule has 2 rings (SSSR count). The van der Waals surface area contributed by atoms with E-state index in [1.165, 1.54) is 0 Å². The summed E-state index contributed by atoms with van der Waals surface area (Å²) < 4.78 is 5.59. The van der Waals surface area contributed by atoms with Gasteiger partial charge < -0.3 is 15.0 Å². The van der Waals surface area contributed by atoms with Crippen molar-refractivity contribution in [2.24, 2.45) is 0 Å². The molecule has 0 saturated heterocycles. The number of para-hydroxylation sites is 1. The lowest BCUT2D eigenvalue weighted by Crippen LogP contribution is -2.16. The largest absolute Gasteiger partial charge is 0.492 e. The van der Waals surface area contributed by atoms with E-state index in [-0.39, 0.29) is 0 Å². The van der Waals surface area contributed by atoms with Gasteiger partial charge in [0.05, 0.1) is 6.54 Å². The van der Waals surface area contributed by atoms with Crippen molar-refractivity contribution in [1.82, 2.24) is 9.97 Å². The fourth-order valence-electron chi connectivity index (χ4n) is 1.53. The summed E-state index contributed by atoms with van der Waals surface area (Å²) in [4.78, 5) is 10.4. The number of benzene rings is 1. The molecule has 0 aliphatic carbocycles. The van der Waals surface area contributed by atoms with Crippen LogP contribution in [-0.4, -0.2) is 37.2 Å². The van der Waals surface area contributed by atoms with E-state index in [4.69, 9.17) is 4.74 Å². The molecule has 0 bridgehead atoms. The van der Waals surface area contributed by atoms with Crippen molar-refractivity contribution < 1.29 is 4.74 Å². The van der Waals surface area contributed by atoms with Crippen LogP contribution >= 0.6 is 0 Å². The molecule has 0 amide bonds. The average molecular weight is 258 g/mol. The maximum absolute atomic E-state index is 5.59. The third-order valence-corrected chi connectivity index (χ3v) is 2.46. The second-order valence-corrected chi connectivity index (χ2v) is 4.22. The highest BCUT2D eigenvalue weighted by atomic mass is 16.5. The van der Waals surface area contributed by atoms with Crippen LogP contribution in [0.5, 0.6) is 5.75 Å². The Hall–Kier alpha value is -2.30. The zero-order chi connectivity index (χ0) is 13.5. The van der Waals surface area contributed by atoms with Crippen LogP contribution in [0, 0.1) is 0 Å². The molecule has 1 aromatic carbocycles. The standard InChI is InChI=1S/C14H18N4O/c1-18(2)14-16-9-8-13(17-14)15-10-11-19-12-6-4-3-5-7-12/h3-9H,10-11H2,1-2H3,(H,15,16,17). The molecule has 0 aliphatic heterocycles. The summed E-state index contributed by atoms with van der Waals surface area (Å²) in [6, 6.07) is 11.6. The third-order valence-electron chi connectivity index (χ3n) is 2.46. The second-order valence-electron chi connectivity index (χ2n) is 4.22. The molecule has 0 fully saturated rings. The first-order valence-corrected chi connectivity index (χ1v) is 6.18. The van der Waals surface area contributed by atoms with E-state index >= 15 is 0 Å². The van der Waals surface area contributed by atoms with Gasteiger partial charge >= 0.3 is 0 Å². The summed E-state index contributed by atoms with van der Waals surface area (Å²) in [6.45, 7) is 1.28. The van der Waals surface area contributed by atoms with Gasteiger partial charge in [0.15, 0.2) is 0 Å². The molecule has 5 nitrogen and oxygen atoms in total. The summed E-state index contributed by atoms with van der Waals surface area (Å²) >= 11 is 0. The van der Waals surface area contributed by atoms with Crippen LogP contribution in [0.25, 0.3) is 0 Å². The first-order valence-electron chi connectivity index (χ1n) is 6.18. The minimum atomic E-state index is 0.589. The topological polar surface area (TPSA) is 50.3 Å². The van der Waals surface area contributed by atoms with Gasteiger partial charge in [-0.3, -0.25) is 0 Å². The fourth-order valence-corrected chi connectivity index (χ4v) is 1.53. The monoisotopic (exact) mass is 258 g/mol. The smallest absolute Gasteiger partial charge is 0.226 e. The number of rotatable bonds is 6. The minimum absolute atomic E-state index is 0.589. The zero-order valence-corrected chi connectivity index (χ0v) is 11.2. The number of hydrogen-bond acceptors (Lipinski definition) is 5. The van der Waals surface area contributed by atoms with E-state index in [0.717, 1.165) is 11.6 Å². The van der Waals surface area contributed by atoms with Crippen LogP contribution in [-0.2, 0) is 0 Å². The summed E-state index contributed by atoms with van der Waals surface area (Å²) in [5, 5.41) is 3.21. The van der Waals surface area contributed by atoms with Gasteiger partial charge in [0, 0.05) is 20.3 Å². The predicted octanol–water partition coefficient (Wildman–Crippen LogP) is 2.03. The Balaban J connectivity index is 1.78. The Kier molecular flexibility index (Phi) is 4.55. The number of hydrogen-bond donors (Lipinski definition) is 1. The Bertz CT molecular complexity index is 502. The lowest BCUT2D eigenvalue weighted by Gasteiger charge is -2.12. The maximum atomic E-state index is 5.59. The second kappa shape index (κ2) is 6.58. The van der Waals surface area contributed by atoms with Crippen molar-refractivity contribution in [1.29, 1.82) is 0 Å². The molecular weight excluding hydrogens is 240 g/mol. The number of nitrogens with zero attached hydrogens (tertiary/aromatic N) is 3. The molecule has 1 aromatic heterocycles. The number of ether oxygens (including phenoxy) is 1. The van der Waals surface area contributed by atoms with Gasteiger partial charge in [-0.1, -0.05) is 18.2 Å².